The number of likely N-dealkylation sites (tertiary alicyclic amines) is 1. The molecule has 254 valence electrons. The predicted molar refractivity (Wildman–Crippen MR) is 186 cm³/mol. The zero-order chi connectivity index (χ0) is 34.0. The van der Waals surface area contributed by atoms with Gasteiger partial charge in [-0.3, -0.25) is 5.32 Å². The predicted octanol–water partition coefficient (Wildman–Crippen LogP) is 6.74. The Morgan fingerprint density at radius 3 is 2.38 bits per heavy atom. The van der Waals surface area contributed by atoms with E-state index >= 15 is 0 Å². The van der Waals surface area contributed by atoms with Crippen LogP contribution in [-0.2, 0) is 27.2 Å². The Morgan fingerprint density at radius 1 is 0.979 bits per heavy atom. The largest absolute Gasteiger partial charge is 0.493 e. The molecule has 0 saturated carbocycles. The molecule has 2 aromatic carbocycles. The van der Waals surface area contributed by atoms with E-state index < -0.39 is 18.1 Å². The Kier molecular flexibility index (Phi) is 12.7. The number of thiophene rings is 1. The first kappa shape index (κ1) is 35.6. The number of carbonyl (C=O) groups excluding carboxylic acids is 2. The fraction of sp³-hybridized carbons (Fsp3) is 0.361. The lowest BCUT2D eigenvalue weighted by atomic mass is 9.98. The van der Waals surface area contributed by atoms with Gasteiger partial charge in [0.2, 0.25) is 0 Å². The van der Waals surface area contributed by atoms with Crippen molar-refractivity contribution in [2.45, 2.75) is 38.0 Å². The number of benzene rings is 2. The van der Waals surface area contributed by atoms with Crippen molar-refractivity contribution < 1.29 is 33.5 Å². The average molecular weight is 714 g/mol. The molecule has 2 N–H and O–H groups in total. The zero-order valence-corrected chi connectivity index (χ0v) is 29.5. The number of nitrogens with zero attached hydrogens (tertiary/aromatic N) is 1. The lowest BCUT2D eigenvalue weighted by Gasteiger charge is -2.29. The van der Waals surface area contributed by atoms with Crippen molar-refractivity contribution in [2.75, 3.05) is 41.0 Å². The van der Waals surface area contributed by atoms with E-state index in [1.807, 2.05) is 36.4 Å². The smallest absolute Gasteiger partial charge is 0.339 e. The zero-order valence-electron chi connectivity index (χ0n) is 27.2. The van der Waals surface area contributed by atoms with Gasteiger partial charge in [-0.25, -0.2) is 14.6 Å². The van der Waals surface area contributed by atoms with Crippen LogP contribution in [0, 0.1) is 5.92 Å². The van der Waals surface area contributed by atoms with Crippen molar-refractivity contribution in [2.24, 2.45) is 5.92 Å². The third-order valence-corrected chi connectivity index (χ3v) is 10.1. The van der Waals surface area contributed by atoms with Crippen LogP contribution in [0.5, 0.6) is 11.5 Å². The summed E-state index contributed by atoms with van der Waals surface area (Å²) in [5.41, 5.74) is 2.52. The summed E-state index contributed by atoms with van der Waals surface area (Å²) in [6.07, 6.45) is 4.77. The van der Waals surface area contributed by atoms with Gasteiger partial charge in [0.25, 0.3) is 0 Å². The molecular weight excluding hydrogens is 673 g/mol. The lowest BCUT2D eigenvalue weighted by molar-refractivity contribution is -0.377. The molecule has 12 heteroatoms. The summed E-state index contributed by atoms with van der Waals surface area (Å²) in [4.78, 5) is 32.9. The Hall–Kier alpha value is -3.67. The monoisotopic (exact) mass is 712 g/mol. The number of nitrogens with one attached hydrogen (secondary N) is 2. The van der Waals surface area contributed by atoms with Gasteiger partial charge in [0.15, 0.2) is 23.9 Å². The number of ether oxygens (including phenoxy) is 4. The number of rotatable bonds is 14. The van der Waals surface area contributed by atoms with Crippen LogP contribution in [0.25, 0.3) is 0 Å². The van der Waals surface area contributed by atoms with Crippen LogP contribution in [0.15, 0.2) is 72.4 Å². The molecule has 0 amide bonds. The van der Waals surface area contributed by atoms with Gasteiger partial charge in [0, 0.05) is 28.8 Å². The van der Waals surface area contributed by atoms with E-state index in [4.69, 9.17) is 42.1 Å². The molecule has 2 atom stereocenters. The standard InChI is InChI=1S/C36H39Cl2N3O6S/c1-41-13-11-23(12-14-41)21-46-36(43)34(24-7-5-4-6-8-24)40-18-27-15-26(22-48-27)35(42)47-32(17-28-29(37)19-39-20-30(28)38)25-9-10-31(44-2)33(16-25)45-3/h4-10,15-16,19-20,22-23,32,34,40H,11-14,17-18,21H2,1-3H3/p+1/t32-,34?/m0/s1. The number of aromatic nitrogens is 1. The molecular formula is C36H40Cl2N3O6S+. The fourth-order valence-electron chi connectivity index (χ4n) is 5.61. The lowest BCUT2D eigenvalue weighted by Crippen LogP contribution is -2.34. The summed E-state index contributed by atoms with van der Waals surface area (Å²) in [5.74, 6) is 0.583. The van der Waals surface area contributed by atoms with E-state index in [1.54, 1.807) is 50.2 Å². The van der Waals surface area contributed by atoms with Gasteiger partial charge in [0.05, 0.1) is 26.4 Å². The maximum Gasteiger partial charge on any atom is 0.339 e. The van der Waals surface area contributed by atoms with E-state index in [2.05, 4.69) is 22.2 Å². The quantitative estimate of drug-likeness (QED) is 0.144. The number of H-pyrrole nitrogens is 1. The highest BCUT2D eigenvalue weighted by Gasteiger charge is 2.27. The highest BCUT2D eigenvalue weighted by atomic mass is 35.5. The van der Waals surface area contributed by atoms with Gasteiger partial charge in [0.1, 0.15) is 22.2 Å². The van der Waals surface area contributed by atoms with E-state index in [9.17, 15) is 9.59 Å². The van der Waals surface area contributed by atoms with Crippen molar-refractivity contribution in [1.82, 2.24) is 10.2 Å². The number of aromatic amines is 1. The molecule has 1 fully saturated rings. The van der Waals surface area contributed by atoms with Crippen LogP contribution in [0.3, 0.4) is 0 Å². The molecule has 1 aliphatic heterocycles. The number of halogens is 2. The SMILES string of the molecule is COc1ccc([C@H](Cc2c(Cl)c[nH+]cc2Cl)OC(=O)c2csc(CNC(C(=O)OCC3CCN(C)CC3)c3ccccc3)c2)cc1OC. The molecule has 1 unspecified atom stereocenters. The second-order valence-electron chi connectivity index (χ2n) is 11.7. The Bertz CT molecular complexity index is 1660. The van der Waals surface area contributed by atoms with Gasteiger partial charge < -0.3 is 23.8 Å². The summed E-state index contributed by atoms with van der Waals surface area (Å²) in [5, 5.41) is 5.94. The summed E-state index contributed by atoms with van der Waals surface area (Å²) < 4.78 is 22.8. The van der Waals surface area contributed by atoms with E-state index in [1.165, 1.54) is 11.3 Å². The maximum absolute atomic E-state index is 13.6. The molecule has 48 heavy (non-hydrogen) atoms. The number of carbonyl (C=O) groups is 2. The first-order chi connectivity index (χ1) is 23.2. The minimum Gasteiger partial charge on any atom is -0.493 e. The normalized spacial score (nSPS) is 15.0. The Labute approximate surface area is 295 Å². The summed E-state index contributed by atoms with van der Waals surface area (Å²) in [7, 11) is 5.21. The second kappa shape index (κ2) is 17.1. The van der Waals surface area contributed by atoms with Crippen molar-refractivity contribution in [3.63, 3.8) is 0 Å². The van der Waals surface area contributed by atoms with Crippen molar-refractivity contribution in [1.29, 1.82) is 0 Å². The Morgan fingerprint density at radius 2 is 1.69 bits per heavy atom. The number of esters is 2. The third-order valence-electron chi connectivity index (χ3n) is 8.45. The van der Waals surface area contributed by atoms with Crippen LogP contribution in [0.4, 0.5) is 0 Å². The molecule has 0 radical (unpaired) electrons. The fourth-order valence-corrected chi connectivity index (χ4v) is 6.95. The van der Waals surface area contributed by atoms with E-state index in [0.717, 1.165) is 36.4 Å². The minimum absolute atomic E-state index is 0.227. The van der Waals surface area contributed by atoms with E-state index in [-0.39, 0.29) is 12.4 Å². The molecule has 4 aromatic rings. The number of methoxy groups -OCH3 is 2. The first-order valence-corrected chi connectivity index (χ1v) is 17.4. The van der Waals surface area contributed by atoms with Crippen LogP contribution >= 0.6 is 34.5 Å². The molecule has 1 aliphatic rings. The number of piperidine rings is 1. The molecule has 5 rings (SSSR count). The Balaban J connectivity index is 1.28. The summed E-state index contributed by atoms with van der Waals surface area (Å²) in [6, 6.07) is 16.0. The van der Waals surface area contributed by atoms with Gasteiger partial charge in [-0.2, -0.15) is 0 Å². The number of hydrogen-bond acceptors (Lipinski definition) is 9. The molecule has 0 bridgehead atoms. The van der Waals surface area contributed by atoms with Crippen LogP contribution in [0.2, 0.25) is 10.0 Å². The average Bonchev–Trinajstić information content (AvgIpc) is 3.58. The minimum atomic E-state index is -0.738. The third kappa shape index (κ3) is 9.27. The molecule has 9 nitrogen and oxygen atoms in total. The molecule has 3 heterocycles. The van der Waals surface area contributed by atoms with Gasteiger partial charge in [-0.1, -0.05) is 59.6 Å². The summed E-state index contributed by atoms with van der Waals surface area (Å²) >= 11 is 14.4. The number of pyridine rings is 1. The first-order valence-electron chi connectivity index (χ1n) is 15.7. The van der Waals surface area contributed by atoms with Gasteiger partial charge in [-0.05, 0) is 68.2 Å². The van der Waals surface area contributed by atoms with Crippen molar-refractivity contribution in [3.8, 4) is 11.5 Å². The van der Waals surface area contributed by atoms with Crippen LogP contribution in [-0.4, -0.2) is 57.8 Å². The van der Waals surface area contributed by atoms with Gasteiger partial charge in [-0.15, -0.1) is 11.3 Å². The second-order valence-corrected chi connectivity index (χ2v) is 13.6. The molecule has 2 aromatic heterocycles. The van der Waals surface area contributed by atoms with E-state index in [0.29, 0.717) is 57.3 Å². The van der Waals surface area contributed by atoms with Crippen LogP contribution in [0.1, 0.15) is 56.9 Å². The molecule has 0 spiro atoms. The van der Waals surface area contributed by atoms with Gasteiger partial charge >= 0.3 is 11.9 Å². The van der Waals surface area contributed by atoms with Crippen molar-refractivity contribution >= 4 is 46.5 Å². The maximum atomic E-state index is 13.6. The molecule has 0 aliphatic carbocycles. The summed E-state index contributed by atoms with van der Waals surface area (Å²) in [6.45, 7) is 2.78. The van der Waals surface area contributed by atoms with Crippen LogP contribution < -0.4 is 19.8 Å². The number of hydrogen-bond donors (Lipinski definition) is 1. The highest BCUT2D eigenvalue weighted by molar-refractivity contribution is 7.10. The molecule has 1 saturated heterocycles. The highest BCUT2D eigenvalue weighted by Crippen LogP contribution is 2.35. The topological polar surface area (TPSA) is 100 Å². The van der Waals surface area contributed by atoms with Crippen molar-refractivity contribution in [3.05, 3.63) is 110 Å².